The van der Waals surface area contributed by atoms with Crippen LogP contribution < -0.4 is 4.90 Å². The van der Waals surface area contributed by atoms with Gasteiger partial charge in [-0.15, -0.1) is 0 Å². The molecule has 2 aromatic carbocycles. The molecule has 0 aromatic heterocycles. The second-order valence-electron chi connectivity index (χ2n) is 6.64. The Morgan fingerprint density at radius 1 is 1.15 bits per heavy atom. The Balaban J connectivity index is 1.64. The van der Waals surface area contributed by atoms with Gasteiger partial charge in [0.05, 0.1) is 5.92 Å². The second-order valence-corrected chi connectivity index (χ2v) is 7.08. The summed E-state index contributed by atoms with van der Waals surface area (Å²) in [7, 11) is 0. The highest BCUT2D eigenvalue weighted by Gasteiger charge is 2.37. The largest absolute Gasteiger partial charge is 0.454 e. The van der Waals surface area contributed by atoms with Crippen LogP contribution >= 0.6 is 11.6 Å². The highest BCUT2D eigenvalue weighted by atomic mass is 35.5. The minimum atomic E-state index is -0.929. The van der Waals surface area contributed by atoms with Crippen molar-refractivity contribution in [3.8, 4) is 0 Å². The smallest absolute Gasteiger partial charge is 0.312 e. The van der Waals surface area contributed by atoms with Gasteiger partial charge in [-0.05, 0) is 49.7 Å². The molecule has 1 heterocycles. The number of nitrogens with zero attached hydrogens (tertiary/aromatic N) is 1. The molecule has 0 spiro atoms. The fourth-order valence-electron chi connectivity index (χ4n) is 3.14. The summed E-state index contributed by atoms with van der Waals surface area (Å²) in [6.07, 6.45) is -0.851. The average Bonchev–Trinajstić information content (AvgIpc) is 3.04. The lowest BCUT2D eigenvalue weighted by molar-refractivity contribution is -0.151. The van der Waals surface area contributed by atoms with E-state index in [9.17, 15) is 14.4 Å². The van der Waals surface area contributed by atoms with E-state index in [1.807, 2.05) is 31.2 Å². The first-order valence-corrected chi connectivity index (χ1v) is 9.11. The van der Waals surface area contributed by atoms with Crippen molar-refractivity contribution >= 4 is 34.9 Å². The van der Waals surface area contributed by atoms with Crippen LogP contribution in [0.25, 0.3) is 0 Å². The van der Waals surface area contributed by atoms with Crippen LogP contribution in [0.4, 0.5) is 5.69 Å². The molecule has 1 aliphatic rings. The maximum atomic E-state index is 12.5. The fourth-order valence-corrected chi connectivity index (χ4v) is 3.26. The molecule has 0 unspecified atom stereocenters. The zero-order valence-corrected chi connectivity index (χ0v) is 15.9. The van der Waals surface area contributed by atoms with Gasteiger partial charge in [-0.2, -0.15) is 0 Å². The number of benzene rings is 2. The SMILES string of the molecule is Cc1ccccc1N1C[C@H](C(=O)O[C@@H](C)C(=O)c2ccc(Cl)cc2)CC1=O. The summed E-state index contributed by atoms with van der Waals surface area (Å²) in [6, 6.07) is 13.9. The maximum Gasteiger partial charge on any atom is 0.312 e. The van der Waals surface area contributed by atoms with E-state index in [0.29, 0.717) is 10.6 Å². The number of hydrogen-bond donors (Lipinski definition) is 0. The number of carbonyl (C=O) groups is 3. The first-order chi connectivity index (χ1) is 12.9. The van der Waals surface area contributed by atoms with Crippen LogP contribution in [0, 0.1) is 12.8 Å². The lowest BCUT2D eigenvalue weighted by Crippen LogP contribution is -2.30. The predicted octanol–water partition coefficient (Wildman–Crippen LogP) is 3.82. The van der Waals surface area contributed by atoms with E-state index in [1.54, 1.807) is 29.2 Å². The van der Waals surface area contributed by atoms with Gasteiger partial charge < -0.3 is 9.64 Å². The van der Waals surface area contributed by atoms with Crippen LogP contribution in [0.5, 0.6) is 0 Å². The average molecular weight is 386 g/mol. The van der Waals surface area contributed by atoms with Crippen molar-refractivity contribution in [2.75, 3.05) is 11.4 Å². The van der Waals surface area contributed by atoms with Crippen LogP contribution in [-0.4, -0.2) is 30.3 Å². The molecular formula is C21H20ClNO4. The summed E-state index contributed by atoms with van der Waals surface area (Å²) < 4.78 is 5.34. The fraction of sp³-hybridized carbons (Fsp3) is 0.286. The summed E-state index contributed by atoms with van der Waals surface area (Å²) in [5.41, 5.74) is 2.18. The topological polar surface area (TPSA) is 63.7 Å². The molecule has 1 saturated heterocycles. The van der Waals surface area contributed by atoms with E-state index in [0.717, 1.165) is 11.3 Å². The van der Waals surface area contributed by atoms with Crippen molar-refractivity contribution in [3.63, 3.8) is 0 Å². The number of carbonyl (C=O) groups excluding carboxylic acids is 3. The molecule has 0 bridgehead atoms. The van der Waals surface area contributed by atoms with E-state index in [1.165, 1.54) is 6.92 Å². The highest BCUT2D eigenvalue weighted by molar-refractivity contribution is 6.30. The Hall–Kier alpha value is -2.66. The van der Waals surface area contributed by atoms with Gasteiger partial charge in [0.1, 0.15) is 0 Å². The maximum absolute atomic E-state index is 12.5. The molecule has 2 aromatic rings. The Morgan fingerprint density at radius 3 is 2.48 bits per heavy atom. The summed E-state index contributed by atoms with van der Waals surface area (Å²) in [6.45, 7) is 3.70. The molecule has 0 N–H and O–H groups in total. The summed E-state index contributed by atoms with van der Waals surface area (Å²) in [5, 5.41) is 0.525. The van der Waals surface area contributed by atoms with Crippen molar-refractivity contribution in [1.29, 1.82) is 0 Å². The number of aryl methyl sites for hydroxylation is 1. The van der Waals surface area contributed by atoms with Gasteiger partial charge in [0.25, 0.3) is 0 Å². The molecule has 2 atom stereocenters. The number of hydrogen-bond acceptors (Lipinski definition) is 4. The Morgan fingerprint density at radius 2 is 1.81 bits per heavy atom. The quantitative estimate of drug-likeness (QED) is 0.579. The van der Waals surface area contributed by atoms with Gasteiger partial charge in [0, 0.05) is 29.2 Å². The molecule has 0 saturated carbocycles. The zero-order valence-electron chi connectivity index (χ0n) is 15.1. The number of ether oxygens (including phenoxy) is 1. The number of anilines is 1. The Bertz CT molecular complexity index is 878. The second kappa shape index (κ2) is 7.92. The van der Waals surface area contributed by atoms with Gasteiger partial charge >= 0.3 is 5.97 Å². The Labute approximate surface area is 162 Å². The number of rotatable bonds is 5. The number of para-hydroxylation sites is 1. The number of halogens is 1. The molecule has 5 nitrogen and oxygen atoms in total. The van der Waals surface area contributed by atoms with Gasteiger partial charge in [-0.1, -0.05) is 29.8 Å². The van der Waals surface area contributed by atoms with Crippen molar-refractivity contribution in [1.82, 2.24) is 0 Å². The minimum absolute atomic E-state index is 0.0784. The standard InChI is InChI=1S/C21H20ClNO4/c1-13-5-3-4-6-18(13)23-12-16(11-19(23)24)21(26)27-14(2)20(25)15-7-9-17(22)10-8-15/h3-10,14,16H,11-12H2,1-2H3/t14-,16+/m0/s1. The highest BCUT2D eigenvalue weighted by Crippen LogP contribution is 2.28. The number of esters is 1. The normalized spacial score (nSPS) is 17.7. The summed E-state index contributed by atoms with van der Waals surface area (Å²) in [4.78, 5) is 38.8. The molecule has 1 fully saturated rings. The molecule has 1 aliphatic heterocycles. The van der Waals surface area contributed by atoms with Gasteiger partial charge in [0.15, 0.2) is 6.10 Å². The number of ketones is 1. The van der Waals surface area contributed by atoms with E-state index in [4.69, 9.17) is 16.3 Å². The summed E-state index contributed by atoms with van der Waals surface area (Å²) >= 11 is 5.82. The van der Waals surface area contributed by atoms with Crippen LogP contribution in [0.2, 0.25) is 5.02 Å². The molecule has 27 heavy (non-hydrogen) atoms. The Kier molecular flexibility index (Phi) is 5.61. The molecule has 1 amide bonds. The summed E-state index contributed by atoms with van der Waals surface area (Å²) in [5.74, 6) is -1.55. The van der Waals surface area contributed by atoms with E-state index >= 15 is 0 Å². The first-order valence-electron chi connectivity index (χ1n) is 8.73. The molecule has 3 rings (SSSR count). The van der Waals surface area contributed by atoms with Crippen LogP contribution in [-0.2, 0) is 14.3 Å². The van der Waals surface area contributed by atoms with E-state index < -0.39 is 18.0 Å². The minimum Gasteiger partial charge on any atom is -0.454 e. The molecule has 6 heteroatoms. The molecule has 0 aliphatic carbocycles. The van der Waals surface area contributed by atoms with Crippen LogP contribution in [0.15, 0.2) is 48.5 Å². The van der Waals surface area contributed by atoms with Crippen LogP contribution in [0.3, 0.4) is 0 Å². The van der Waals surface area contributed by atoms with Crippen molar-refractivity contribution in [2.24, 2.45) is 5.92 Å². The van der Waals surface area contributed by atoms with Crippen molar-refractivity contribution in [2.45, 2.75) is 26.4 Å². The monoisotopic (exact) mass is 385 g/mol. The molecule has 0 radical (unpaired) electrons. The van der Waals surface area contributed by atoms with Crippen LogP contribution in [0.1, 0.15) is 29.3 Å². The lowest BCUT2D eigenvalue weighted by atomic mass is 10.1. The zero-order chi connectivity index (χ0) is 19.6. The number of amides is 1. The number of Topliss-reactive ketones (excluding diaryl/α,β-unsaturated/α-hetero) is 1. The molecule has 140 valence electrons. The predicted molar refractivity (Wildman–Crippen MR) is 103 cm³/mol. The van der Waals surface area contributed by atoms with Gasteiger partial charge in [0.2, 0.25) is 11.7 Å². The van der Waals surface area contributed by atoms with Gasteiger partial charge in [-0.25, -0.2) is 0 Å². The first kappa shape index (κ1) is 19.1. The third kappa shape index (κ3) is 4.19. The third-order valence-electron chi connectivity index (χ3n) is 4.66. The third-order valence-corrected chi connectivity index (χ3v) is 4.91. The van der Waals surface area contributed by atoms with Crippen molar-refractivity contribution in [3.05, 3.63) is 64.7 Å². The van der Waals surface area contributed by atoms with Gasteiger partial charge in [-0.3, -0.25) is 14.4 Å². The molecular weight excluding hydrogens is 366 g/mol. The van der Waals surface area contributed by atoms with E-state index in [2.05, 4.69) is 0 Å². The van der Waals surface area contributed by atoms with E-state index in [-0.39, 0.29) is 24.7 Å². The van der Waals surface area contributed by atoms with Crippen molar-refractivity contribution < 1.29 is 19.1 Å². The lowest BCUT2D eigenvalue weighted by Gasteiger charge is -2.19.